The van der Waals surface area contributed by atoms with E-state index in [2.05, 4.69) is 144 Å². The highest BCUT2D eigenvalue weighted by molar-refractivity contribution is 7.99. The molecular weight excluding hydrogens is 531 g/mol. The molecule has 0 spiro atoms. The molecule has 0 saturated carbocycles. The van der Waals surface area contributed by atoms with E-state index in [1.54, 1.807) is 11.8 Å². The van der Waals surface area contributed by atoms with Crippen molar-refractivity contribution in [3.05, 3.63) is 140 Å². The SMILES string of the molecule is c1ccc(-c2cccc(-c3ccc4c(c3)c3ccccc3n4-c3nc4c5c(cccc5n3)-c3ccccc3S4)c2)cc1. The van der Waals surface area contributed by atoms with Crippen molar-refractivity contribution in [3.8, 4) is 39.3 Å². The van der Waals surface area contributed by atoms with Gasteiger partial charge in [-0.2, -0.15) is 0 Å². The van der Waals surface area contributed by atoms with Crippen molar-refractivity contribution in [1.29, 1.82) is 0 Å². The maximum Gasteiger partial charge on any atom is 0.236 e. The van der Waals surface area contributed by atoms with Gasteiger partial charge in [-0.25, -0.2) is 9.97 Å². The Morgan fingerprint density at radius 1 is 0.476 bits per heavy atom. The molecule has 4 heteroatoms. The van der Waals surface area contributed by atoms with Gasteiger partial charge in [0, 0.05) is 21.1 Å². The average Bonchev–Trinajstić information content (AvgIpc) is 3.39. The first-order valence-electron chi connectivity index (χ1n) is 14.1. The van der Waals surface area contributed by atoms with Crippen LogP contribution in [0, 0.1) is 0 Å². The Bertz CT molecular complexity index is 2340. The van der Waals surface area contributed by atoms with E-state index >= 15 is 0 Å². The highest BCUT2D eigenvalue weighted by atomic mass is 32.2. The lowest BCUT2D eigenvalue weighted by molar-refractivity contribution is 0.961. The van der Waals surface area contributed by atoms with Crippen LogP contribution in [0.25, 0.3) is 72.0 Å². The molecule has 0 bridgehead atoms. The molecule has 8 aromatic rings. The number of hydrogen-bond acceptors (Lipinski definition) is 3. The van der Waals surface area contributed by atoms with Gasteiger partial charge in [0.25, 0.3) is 0 Å². The lowest BCUT2D eigenvalue weighted by atomic mass is 9.98. The molecule has 6 aromatic carbocycles. The average molecular weight is 554 g/mol. The molecule has 3 nitrogen and oxygen atoms in total. The molecule has 0 unspecified atom stereocenters. The normalized spacial score (nSPS) is 12.2. The van der Waals surface area contributed by atoms with E-state index in [4.69, 9.17) is 9.97 Å². The molecule has 196 valence electrons. The molecule has 1 aliphatic heterocycles. The standard InChI is InChI=1S/C38H23N3S/c1-2-10-24(11-3-1)25-12-8-13-26(22-25)27-20-21-34-31(23-27)28-14-4-6-18-33(28)41(34)38-39-32-17-9-16-30-29-15-5-7-19-35(29)42-37(40-38)36(30)32/h1-23H. The van der Waals surface area contributed by atoms with Crippen molar-refractivity contribution in [2.75, 3.05) is 0 Å². The summed E-state index contributed by atoms with van der Waals surface area (Å²) in [7, 11) is 0. The first-order valence-corrected chi connectivity index (χ1v) is 14.9. The largest absolute Gasteiger partial charge is 0.278 e. The molecule has 42 heavy (non-hydrogen) atoms. The van der Waals surface area contributed by atoms with Crippen LogP contribution in [0.5, 0.6) is 0 Å². The number of aromatic nitrogens is 3. The highest BCUT2D eigenvalue weighted by Gasteiger charge is 2.23. The lowest BCUT2D eigenvalue weighted by Crippen LogP contribution is -2.05. The second-order valence-electron chi connectivity index (χ2n) is 10.7. The van der Waals surface area contributed by atoms with Gasteiger partial charge in [0.1, 0.15) is 5.03 Å². The third kappa shape index (κ3) is 3.55. The van der Waals surface area contributed by atoms with E-state index in [1.807, 2.05) is 0 Å². The highest BCUT2D eigenvalue weighted by Crippen LogP contribution is 2.47. The fourth-order valence-electron chi connectivity index (χ4n) is 6.29. The Morgan fingerprint density at radius 2 is 1.17 bits per heavy atom. The lowest BCUT2D eigenvalue weighted by Gasteiger charge is -2.20. The molecule has 0 radical (unpaired) electrons. The first kappa shape index (κ1) is 23.5. The quantitative estimate of drug-likeness (QED) is 0.204. The number of benzene rings is 6. The Hall–Kier alpha value is -5.19. The number of para-hydroxylation sites is 1. The third-order valence-corrected chi connectivity index (χ3v) is 9.30. The topological polar surface area (TPSA) is 30.7 Å². The summed E-state index contributed by atoms with van der Waals surface area (Å²) >= 11 is 1.73. The molecule has 0 fully saturated rings. The van der Waals surface area contributed by atoms with Crippen LogP contribution in [0.3, 0.4) is 0 Å². The van der Waals surface area contributed by atoms with Crippen molar-refractivity contribution in [1.82, 2.24) is 14.5 Å². The first-order chi connectivity index (χ1) is 20.8. The smallest absolute Gasteiger partial charge is 0.236 e. The second kappa shape index (κ2) is 9.16. The fraction of sp³-hybridized carbons (Fsp3) is 0. The van der Waals surface area contributed by atoms with E-state index in [9.17, 15) is 0 Å². The van der Waals surface area contributed by atoms with Gasteiger partial charge in [-0.05, 0) is 69.8 Å². The molecule has 9 rings (SSSR count). The summed E-state index contributed by atoms with van der Waals surface area (Å²) in [5.74, 6) is 0.701. The van der Waals surface area contributed by atoms with Crippen LogP contribution in [0.2, 0.25) is 0 Å². The van der Waals surface area contributed by atoms with Crippen LogP contribution in [0.4, 0.5) is 0 Å². The summed E-state index contributed by atoms with van der Waals surface area (Å²) in [5, 5.41) is 4.52. The molecule has 0 aliphatic carbocycles. The zero-order chi connectivity index (χ0) is 27.6. The summed E-state index contributed by atoms with van der Waals surface area (Å²) in [4.78, 5) is 11.6. The van der Waals surface area contributed by atoms with Gasteiger partial charge < -0.3 is 0 Å². The van der Waals surface area contributed by atoms with Crippen LogP contribution >= 0.6 is 11.8 Å². The van der Waals surface area contributed by atoms with Gasteiger partial charge in [0.2, 0.25) is 5.95 Å². The third-order valence-electron chi connectivity index (χ3n) is 8.24. The molecule has 0 atom stereocenters. The second-order valence-corrected chi connectivity index (χ2v) is 11.7. The predicted octanol–water partition coefficient (Wildman–Crippen LogP) is 10.2. The van der Waals surface area contributed by atoms with Gasteiger partial charge in [-0.1, -0.05) is 115 Å². The zero-order valence-electron chi connectivity index (χ0n) is 22.5. The van der Waals surface area contributed by atoms with Gasteiger partial charge in [0.15, 0.2) is 0 Å². The minimum absolute atomic E-state index is 0.701. The monoisotopic (exact) mass is 553 g/mol. The van der Waals surface area contributed by atoms with Crippen molar-refractivity contribution in [2.45, 2.75) is 9.92 Å². The van der Waals surface area contributed by atoms with E-state index < -0.39 is 0 Å². The Morgan fingerprint density at radius 3 is 2.10 bits per heavy atom. The fourth-order valence-corrected chi connectivity index (χ4v) is 7.38. The zero-order valence-corrected chi connectivity index (χ0v) is 23.3. The molecule has 3 heterocycles. The maximum atomic E-state index is 5.21. The van der Waals surface area contributed by atoms with E-state index in [-0.39, 0.29) is 0 Å². The minimum atomic E-state index is 0.701. The van der Waals surface area contributed by atoms with E-state index in [0.717, 1.165) is 27.0 Å². The van der Waals surface area contributed by atoms with Crippen molar-refractivity contribution in [3.63, 3.8) is 0 Å². The van der Waals surface area contributed by atoms with Crippen molar-refractivity contribution < 1.29 is 0 Å². The molecule has 0 N–H and O–H groups in total. The summed E-state index contributed by atoms with van der Waals surface area (Å²) in [6.07, 6.45) is 0. The van der Waals surface area contributed by atoms with Crippen molar-refractivity contribution >= 4 is 44.5 Å². The molecule has 2 aromatic heterocycles. The summed E-state index contributed by atoms with van der Waals surface area (Å²) in [5.41, 5.74) is 10.4. The summed E-state index contributed by atoms with van der Waals surface area (Å²) < 4.78 is 2.22. The van der Waals surface area contributed by atoms with Gasteiger partial charge in [0.05, 0.1) is 16.6 Å². The van der Waals surface area contributed by atoms with E-state index in [1.165, 1.54) is 49.0 Å². The number of hydrogen-bond donors (Lipinski definition) is 0. The maximum absolute atomic E-state index is 5.21. The van der Waals surface area contributed by atoms with Crippen LogP contribution in [0.1, 0.15) is 0 Å². The molecule has 0 amide bonds. The number of fused-ring (bicyclic) bond motifs is 5. The Labute approximate surface area is 247 Å². The van der Waals surface area contributed by atoms with Crippen LogP contribution < -0.4 is 0 Å². The summed E-state index contributed by atoms with van der Waals surface area (Å²) in [6.45, 7) is 0. The minimum Gasteiger partial charge on any atom is -0.278 e. The molecule has 1 aliphatic rings. The van der Waals surface area contributed by atoms with Gasteiger partial charge in [-0.3, -0.25) is 4.57 Å². The number of nitrogens with zero attached hydrogens (tertiary/aromatic N) is 3. The summed E-state index contributed by atoms with van der Waals surface area (Å²) in [6, 6.07) is 49.6. The Kier molecular flexibility index (Phi) is 5.13. The van der Waals surface area contributed by atoms with Crippen LogP contribution in [-0.2, 0) is 0 Å². The van der Waals surface area contributed by atoms with Crippen LogP contribution in [0.15, 0.2) is 149 Å². The Balaban J connectivity index is 1.25. The van der Waals surface area contributed by atoms with Gasteiger partial charge in [-0.15, -0.1) is 0 Å². The van der Waals surface area contributed by atoms with E-state index in [0.29, 0.717) is 5.95 Å². The van der Waals surface area contributed by atoms with Crippen LogP contribution in [-0.4, -0.2) is 14.5 Å². The van der Waals surface area contributed by atoms with Gasteiger partial charge >= 0.3 is 0 Å². The predicted molar refractivity (Wildman–Crippen MR) is 174 cm³/mol. The molecule has 0 saturated heterocycles. The molecular formula is C38H23N3S. The van der Waals surface area contributed by atoms with Crippen molar-refractivity contribution in [2.24, 2.45) is 0 Å². The number of rotatable bonds is 3.